The Morgan fingerprint density at radius 1 is 1.24 bits per heavy atom. The lowest BCUT2D eigenvalue weighted by molar-refractivity contribution is -0.125. The fraction of sp³-hybridized carbons (Fsp3) is 0.500. The lowest BCUT2D eigenvalue weighted by Crippen LogP contribution is -2.23. The van der Waals surface area contributed by atoms with E-state index in [-0.39, 0.29) is 24.1 Å². The van der Waals surface area contributed by atoms with Crippen LogP contribution in [-0.2, 0) is 4.79 Å². The number of ether oxygens (including phenoxy) is 1. The fourth-order valence-corrected chi connectivity index (χ4v) is 2.25. The maximum Gasteiger partial charge on any atom is 0.173 e. The topological polar surface area (TPSA) is 26.3 Å². The monoisotopic (exact) mass is 236 g/mol. The van der Waals surface area contributed by atoms with Gasteiger partial charge in [-0.1, -0.05) is 31.4 Å². The third kappa shape index (κ3) is 3.29. The lowest BCUT2D eigenvalue weighted by Gasteiger charge is -2.20. The molecule has 17 heavy (non-hydrogen) atoms. The molecular formula is C14H17FO2. The van der Waals surface area contributed by atoms with Gasteiger partial charge in [0.05, 0.1) is 0 Å². The normalized spacial score (nSPS) is 16.8. The number of para-hydroxylation sites is 1. The van der Waals surface area contributed by atoms with E-state index in [4.69, 9.17) is 4.74 Å². The van der Waals surface area contributed by atoms with E-state index in [1.54, 1.807) is 18.2 Å². The Balaban J connectivity index is 1.85. The van der Waals surface area contributed by atoms with E-state index in [9.17, 15) is 9.18 Å². The summed E-state index contributed by atoms with van der Waals surface area (Å²) in [6.07, 6.45) is 5.38. The van der Waals surface area contributed by atoms with Gasteiger partial charge in [-0.25, -0.2) is 4.39 Å². The van der Waals surface area contributed by atoms with Crippen molar-refractivity contribution in [3.8, 4) is 5.75 Å². The zero-order chi connectivity index (χ0) is 12.1. The standard InChI is InChI=1S/C14H17FO2/c15-12-8-4-5-9-14(12)17-10-13(16)11-6-2-1-3-7-11/h4-5,8-9,11H,1-3,6-7,10H2. The second kappa shape index (κ2) is 5.80. The summed E-state index contributed by atoms with van der Waals surface area (Å²) in [7, 11) is 0. The van der Waals surface area contributed by atoms with Crippen molar-refractivity contribution in [2.45, 2.75) is 32.1 Å². The average molecular weight is 236 g/mol. The quantitative estimate of drug-likeness (QED) is 0.801. The van der Waals surface area contributed by atoms with Crippen LogP contribution in [0.5, 0.6) is 5.75 Å². The molecular weight excluding hydrogens is 219 g/mol. The maximum absolute atomic E-state index is 13.2. The number of hydrogen-bond acceptors (Lipinski definition) is 2. The highest BCUT2D eigenvalue weighted by Crippen LogP contribution is 2.25. The molecule has 2 nitrogen and oxygen atoms in total. The number of rotatable bonds is 4. The van der Waals surface area contributed by atoms with Gasteiger partial charge < -0.3 is 4.74 Å². The SMILES string of the molecule is O=C(COc1ccccc1F)C1CCCCC1. The molecule has 0 N–H and O–H groups in total. The predicted octanol–water partition coefficient (Wildman–Crippen LogP) is 3.35. The molecule has 0 aliphatic heterocycles. The van der Waals surface area contributed by atoms with Gasteiger partial charge >= 0.3 is 0 Å². The summed E-state index contributed by atoms with van der Waals surface area (Å²) in [5.74, 6) is -0.0240. The third-order valence-corrected chi connectivity index (χ3v) is 3.27. The first-order valence-electron chi connectivity index (χ1n) is 6.17. The summed E-state index contributed by atoms with van der Waals surface area (Å²) in [5.41, 5.74) is 0. The van der Waals surface area contributed by atoms with Crippen molar-refractivity contribution in [1.82, 2.24) is 0 Å². The van der Waals surface area contributed by atoms with Crippen molar-refractivity contribution < 1.29 is 13.9 Å². The average Bonchev–Trinajstić information content (AvgIpc) is 2.38. The van der Waals surface area contributed by atoms with Crippen LogP contribution in [0.4, 0.5) is 4.39 Å². The Morgan fingerprint density at radius 2 is 1.94 bits per heavy atom. The highest BCUT2D eigenvalue weighted by Gasteiger charge is 2.21. The first-order valence-corrected chi connectivity index (χ1v) is 6.17. The molecule has 0 bridgehead atoms. The minimum absolute atomic E-state index is 0.00833. The van der Waals surface area contributed by atoms with Crippen molar-refractivity contribution in [2.24, 2.45) is 5.92 Å². The summed E-state index contributed by atoms with van der Waals surface area (Å²) in [5, 5.41) is 0. The summed E-state index contributed by atoms with van der Waals surface area (Å²) < 4.78 is 18.5. The van der Waals surface area contributed by atoms with Crippen LogP contribution in [0.2, 0.25) is 0 Å². The van der Waals surface area contributed by atoms with Gasteiger partial charge in [0.25, 0.3) is 0 Å². The maximum atomic E-state index is 13.2. The number of hydrogen-bond donors (Lipinski definition) is 0. The lowest BCUT2D eigenvalue weighted by atomic mass is 9.86. The van der Waals surface area contributed by atoms with Crippen LogP contribution >= 0.6 is 0 Å². The largest absolute Gasteiger partial charge is 0.483 e. The van der Waals surface area contributed by atoms with Crippen molar-refractivity contribution in [2.75, 3.05) is 6.61 Å². The predicted molar refractivity (Wildman–Crippen MR) is 63.5 cm³/mol. The molecule has 0 spiro atoms. The van der Waals surface area contributed by atoms with E-state index in [0.29, 0.717) is 0 Å². The summed E-state index contributed by atoms with van der Waals surface area (Å²) in [6, 6.07) is 6.18. The summed E-state index contributed by atoms with van der Waals surface area (Å²) in [4.78, 5) is 11.8. The molecule has 1 aromatic rings. The number of halogens is 1. The van der Waals surface area contributed by atoms with Crippen LogP contribution in [0.15, 0.2) is 24.3 Å². The molecule has 1 aromatic carbocycles. The summed E-state index contributed by atoms with van der Waals surface area (Å²) in [6.45, 7) is -0.00833. The van der Waals surface area contributed by atoms with Gasteiger partial charge in [-0.2, -0.15) is 0 Å². The molecule has 0 aromatic heterocycles. The second-order valence-corrected chi connectivity index (χ2v) is 4.52. The number of ketones is 1. The number of benzene rings is 1. The van der Waals surface area contributed by atoms with Gasteiger partial charge in [-0.15, -0.1) is 0 Å². The molecule has 0 radical (unpaired) electrons. The first kappa shape index (κ1) is 12.1. The fourth-order valence-electron chi connectivity index (χ4n) is 2.25. The molecule has 0 heterocycles. The number of carbonyl (C=O) groups excluding carboxylic acids is 1. The smallest absolute Gasteiger partial charge is 0.173 e. The van der Waals surface area contributed by atoms with Crippen LogP contribution in [0.3, 0.4) is 0 Å². The zero-order valence-corrected chi connectivity index (χ0v) is 9.82. The van der Waals surface area contributed by atoms with E-state index in [1.165, 1.54) is 12.5 Å². The van der Waals surface area contributed by atoms with Gasteiger partial charge in [0.2, 0.25) is 0 Å². The van der Waals surface area contributed by atoms with Gasteiger partial charge in [0.1, 0.15) is 6.61 Å². The van der Waals surface area contributed by atoms with Gasteiger partial charge in [-0.3, -0.25) is 4.79 Å². The number of carbonyl (C=O) groups is 1. The zero-order valence-electron chi connectivity index (χ0n) is 9.82. The van der Waals surface area contributed by atoms with Gasteiger partial charge in [-0.05, 0) is 25.0 Å². The molecule has 0 atom stereocenters. The summed E-state index contributed by atoms with van der Waals surface area (Å²) >= 11 is 0. The molecule has 1 aliphatic carbocycles. The molecule has 1 saturated carbocycles. The molecule has 3 heteroatoms. The molecule has 0 unspecified atom stereocenters. The van der Waals surface area contributed by atoms with Crippen LogP contribution in [0.25, 0.3) is 0 Å². The first-order chi connectivity index (χ1) is 8.27. The van der Waals surface area contributed by atoms with Crippen LogP contribution in [-0.4, -0.2) is 12.4 Å². The molecule has 1 fully saturated rings. The Bertz CT molecular complexity index is 384. The minimum atomic E-state index is -0.413. The number of Topliss-reactive ketones (excluding diaryl/α,β-unsaturated/α-hetero) is 1. The van der Waals surface area contributed by atoms with E-state index in [1.807, 2.05) is 0 Å². The van der Waals surface area contributed by atoms with E-state index < -0.39 is 5.82 Å². The van der Waals surface area contributed by atoms with Crippen molar-refractivity contribution >= 4 is 5.78 Å². The van der Waals surface area contributed by atoms with Crippen LogP contribution < -0.4 is 4.74 Å². The highest BCUT2D eigenvalue weighted by molar-refractivity contribution is 5.82. The van der Waals surface area contributed by atoms with E-state index in [0.717, 1.165) is 25.7 Å². The van der Waals surface area contributed by atoms with Gasteiger partial charge in [0.15, 0.2) is 17.3 Å². The Morgan fingerprint density at radius 3 is 2.65 bits per heavy atom. The third-order valence-electron chi connectivity index (χ3n) is 3.27. The molecule has 1 aliphatic rings. The van der Waals surface area contributed by atoms with E-state index in [2.05, 4.69) is 0 Å². The Hall–Kier alpha value is -1.38. The van der Waals surface area contributed by atoms with Crippen molar-refractivity contribution in [3.05, 3.63) is 30.1 Å². The van der Waals surface area contributed by atoms with Crippen molar-refractivity contribution in [1.29, 1.82) is 0 Å². The second-order valence-electron chi connectivity index (χ2n) is 4.52. The van der Waals surface area contributed by atoms with E-state index >= 15 is 0 Å². The van der Waals surface area contributed by atoms with Gasteiger partial charge in [0, 0.05) is 5.92 Å². The Labute approximate surface area is 101 Å². The molecule has 2 rings (SSSR count). The minimum Gasteiger partial charge on any atom is -0.483 e. The van der Waals surface area contributed by atoms with Crippen molar-refractivity contribution in [3.63, 3.8) is 0 Å². The molecule has 0 saturated heterocycles. The van der Waals surface area contributed by atoms with Crippen LogP contribution in [0.1, 0.15) is 32.1 Å². The van der Waals surface area contributed by atoms with Crippen LogP contribution in [0, 0.1) is 11.7 Å². The highest BCUT2D eigenvalue weighted by atomic mass is 19.1. The molecule has 0 amide bonds. The Kier molecular flexibility index (Phi) is 4.13. The molecule has 92 valence electrons.